The topological polar surface area (TPSA) is 96.0 Å². The number of hydrogen-bond acceptors (Lipinski definition) is 5. The van der Waals surface area contributed by atoms with Gasteiger partial charge in [0.25, 0.3) is 10.0 Å². The highest BCUT2D eigenvalue weighted by molar-refractivity contribution is 7.92. The molecule has 3 aromatic rings. The minimum atomic E-state index is -4.22. The normalized spacial score (nSPS) is 12.8. The van der Waals surface area contributed by atoms with Crippen molar-refractivity contribution in [2.75, 3.05) is 18.0 Å². The first kappa shape index (κ1) is 32.2. The molecule has 1 N–H and O–H groups in total. The Hall–Kier alpha value is -3.27. The molecule has 3 aromatic carbocycles. The number of amides is 2. The molecule has 0 saturated carbocycles. The average molecular weight is 621 g/mol. The third-order valence-electron chi connectivity index (χ3n) is 6.72. The van der Waals surface area contributed by atoms with Gasteiger partial charge in [0.05, 0.1) is 22.7 Å². The third-order valence-corrected chi connectivity index (χ3v) is 9.04. The van der Waals surface area contributed by atoms with Crippen LogP contribution in [0.4, 0.5) is 5.69 Å². The Bertz CT molecular complexity index is 1480. The molecule has 0 heterocycles. The quantitative estimate of drug-likeness (QED) is 0.275. The molecule has 41 heavy (non-hydrogen) atoms. The molecule has 220 valence electrons. The molecule has 0 aliphatic carbocycles. The predicted octanol–water partition coefficient (Wildman–Crippen LogP) is 5.84. The number of aryl methyl sites for hydroxylation is 1. The zero-order valence-electron chi connectivity index (χ0n) is 23.7. The Labute approximate surface area is 252 Å². The highest BCUT2D eigenvalue weighted by Crippen LogP contribution is 2.32. The second-order valence-electron chi connectivity index (χ2n) is 9.79. The second-order valence-corrected chi connectivity index (χ2v) is 12.5. The Kier molecular flexibility index (Phi) is 11.1. The molecule has 0 aromatic heterocycles. The van der Waals surface area contributed by atoms with Crippen LogP contribution in [0.5, 0.6) is 5.75 Å². The minimum absolute atomic E-state index is 0.00629. The molecule has 8 nitrogen and oxygen atoms in total. The van der Waals surface area contributed by atoms with E-state index < -0.39 is 28.5 Å². The molecule has 0 bridgehead atoms. The Morgan fingerprint density at radius 1 is 1.00 bits per heavy atom. The minimum Gasteiger partial charge on any atom is -0.495 e. The first-order valence-electron chi connectivity index (χ1n) is 13.1. The smallest absolute Gasteiger partial charge is 0.264 e. The second kappa shape index (κ2) is 14.1. The van der Waals surface area contributed by atoms with Crippen LogP contribution in [0.2, 0.25) is 10.0 Å². The van der Waals surface area contributed by atoms with Gasteiger partial charge in [0.1, 0.15) is 18.3 Å². The summed E-state index contributed by atoms with van der Waals surface area (Å²) in [5.41, 5.74) is 1.74. The van der Waals surface area contributed by atoms with Gasteiger partial charge in [0.2, 0.25) is 11.8 Å². The summed E-state index contributed by atoms with van der Waals surface area (Å²) in [4.78, 5) is 28.5. The first-order chi connectivity index (χ1) is 19.4. The van der Waals surface area contributed by atoms with E-state index in [1.807, 2.05) is 20.8 Å². The fourth-order valence-corrected chi connectivity index (χ4v) is 5.93. The number of carbonyl (C=O) groups excluding carboxylic acids is 2. The number of anilines is 1. The van der Waals surface area contributed by atoms with Gasteiger partial charge >= 0.3 is 0 Å². The van der Waals surface area contributed by atoms with Crippen molar-refractivity contribution in [1.29, 1.82) is 0 Å². The van der Waals surface area contributed by atoms with E-state index in [0.29, 0.717) is 22.8 Å². The summed E-state index contributed by atoms with van der Waals surface area (Å²) in [5.74, 6) is -0.582. The van der Waals surface area contributed by atoms with Gasteiger partial charge in [0, 0.05) is 17.6 Å². The molecular formula is C30H35Cl2N3O5S. The summed E-state index contributed by atoms with van der Waals surface area (Å²) in [6.07, 6.45) is 0.710. The van der Waals surface area contributed by atoms with Crippen LogP contribution in [-0.4, -0.2) is 50.9 Å². The molecule has 0 aliphatic rings. The van der Waals surface area contributed by atoms with E-state index in [1.165, 1.54) is 42.3 Å². The zero-order chi connectivity index (χ0) is 30.3. The first-order valence-corrected chi connectivity index (χ1v) is 15.3. The monoisotopic (exact) mass is 619 g/mol. The Morgan fingerprint density at radius 2 is 1.68 bits per heavy atom. The molecule has 0 fully saturated rings. The SMILES string of the molecule is CC[C@H](C)NC(=O)[C@H](C)N(Cc1cccc(Cl)c1)C(=O)CN(c1ccc(OC)c(Cl)c1)S(=O)(=O)c1ccc(C)cc1. The van der Waals surface area contributed by atoms with Gasteiger partial charge in [-0.2, -0.15) is 0 Å². The Morgan fingerprint density at radius 3 is 2.27 bits per heavy atom. The largest absolute Gasteiger partial charge is 0.495 e. The maximum Gasteiger partial charge on any atom is 0.264 e. The summed E-state index contributed by atoms with van der Waals surface area (Å²) in [5, 5.41) is 3.56. The molecule has 2 atom stereocenters. The number of nitrogens with one attached hydrogen (secondary N) is 1. The van der Waals surface area contributed by atoms with Crippen molar-refractivity contribution in [1.82, 2.24) is 10.2 Å². The van der Waals surface area contributed by atoms with Crippen molar-refractivity contribution in [3.05, 3.63) is 87.9 Å². The lowest BCUT2D eigenvalue weighted by Gasteiger charge is -2.32. The lowest BCUT2D eigenvalue weighted by molar-refractivity contribution is -0.139. The molecule has 2 amide bonds. The molecule has 0 aliphatic heterocycles. The zero-order valence-corrected chi connectivity index (χ0v) is 26.1. The average Bonchev–Trinajstić information content (AvgIpc) is 2.94. The molecule has 0 unspecified atom stereocenters. The summed E-state index contributed by atoms with van der Waals surface area (Å²) >= 11 is 12.5. The number of ether oxygens (including phenoxy) is 1. The molecule has 3 rings (SSSR count). The fourth-order valence-electron chi connectivity index (χ4n) is 4.06. The number of carbonyl (C=O) groups is 2. The van der Waals surface area contributed by atoms with Crippen molar-refractivity contribution >= 4 is 50.7 Å². The molecule has 0 spiro atoms. The van der Waals surface area contributed by atoms with Crippen molar-refractivity contribution < 1.29 is 22.7 Å². The van der Waals surface area contributed by atoms with Gasteiger partial charge in [-0.1, -0.05) is 60.0 Å². The number of methoxy groups -OCH3 is 1. The van der Waals surface area contributed by atoms with E-state index >= 15 is 0 Å². The number of benzene rings is 3. The van der Waals surface area contributed by atoms with Gasteiger partial charge in [-0.3, -0.25) is 13.9 Å². The highest BCUT2D eigenvalue weighted by Gasteiger charge is 2.33. The van der Waals surface area contributed by atoms with Crippen LogP contribution >= 0.6 is 23.2 Å². The van der Waals surface area contributed by atoms with Crippen molar-refractivity contribution in [3.8, 4) is 5.75 Å². The molecule has 0 saturated heterocycles. The highest BCUT2D eigenvalue weighted by atomic mass is 35.5. The van der Waals surface area contributed by atoms with E-state index in [1.54, 1.807) is 43.3 Å². The van der Waals surface area contributed by atoms with Crippen LogP contribution in [0.15, 0.2) is 71.6 Å². The molecular weight excluding hydrogens is 585 g/mol. The van der Waals surface area contributed by atoms with Gasteiger partial charge < -0.3 is 15.0 Å². The van der Waals surface area contributed by atoms with Gasteiger partial charge in [-0.05, 0) is 75.2 Å². The van der Waals surface area contributed by atoms with E-state index in [-0.39, 0.29) is 34.1 Å². The summed E-state index contributed by atoms with van der Waals surface area (Å²) in [6, 6.07) is 16.7. The van der Waals surface area contributed by atoms with Crippen LogP contribution in [-0.2, 0) is 26.2 Å². The van der Waals surface area contributed by atoms with Gasteiger partial charge in [-0.25, -0.2) is 8.42 Å². The van der Waals surface area contributed by atoms with Crippen LogP contribution in [0.3, 0.4) is 0 Å². The van der Waals surface area contributed by atoms with Crippen LogP contribution in [0.25, 0.3) is 0 Å². The number of hydrogen-bond donors (Lipinski definition) is 1. The van der Waals surface area contributed by atoms with Gasteiger partial charge in [0.15, 0.2) is 0 Å². The third kappa shape index (κ3) is 8.15. The van der Waals surface area contributed by atoms with Crippen molar-refractivity contribution in [2.45, 2.75) is 57.6 Å². The van der Waals surface area contributed by atoms with E-state index in [2.05, 4.69) is 5.32 Å². The maximum absolute atomic E-state index is 14.0. The number of sulfonamides is 1. The fraction of sp³-hybridized carbons (Fsp3) is 0.333. The maximum atomic E-state index is 14.0. The van der Waals surface area contributed by atoms with Crippen LogP contribution in [0, 0.1) is 6.92 Å². The standard InChI is InChI=1S/C30H35Cl2N3O5S/c1-6-21(3)33-30(37)22(4)34(18-23-8-7-9-24(31)16-23)29(36)19-35(25-12-15-28(40-5)27(32)17-25)41(38,39)26-13-10-20(2)11-14-26/h7-17,21-22H,6,18-19H2,1-5H3,(H,33,37)/t21-,22-/m0/s1. The predicted molar refractivity (Wildman–Crippen MR) is 163 cm³/mol. The summed E-state index contributed by atoms with van der Waals surface area (Å²) in [7, 11) is -2.77. The molecule has 11 heteroatoms. The number of halogens is 2. The van der Waals surface area contributed by atoms with Gasteiger partial charge in [-0.15, -0.1) is 0 Å². The van der Waals surface area contributed by atoms with Crippen LogP contribution in [0.1, 0.15) is 38.3 Å². The van der Waals surface area contributed by atoms with Crippen molar-refractivity contribution in [2.24, 2.45) is 0 Å². The van der Waals surface area contributed by atoms with E-state index in [9.17, 15) is 18.0 Å². The Balaban J connectivity index is 2.06. The van der Waals surface area contributed by atoms with E-state index in [4.69, 9.17) is 27.9 Å². The van der Waals surface area contributed by atoms with E-state index in [0.717, 1.165) is 9.87 Å². The number of nitrogens with zero attached hydrogens (tertiary/aromatic N) is 2. The lowest BCUT2D eigenvalue weighted by Crippen LogP contribution is -2.52. The number of rotatable bonds is 12. The molecule has 0 radical (unpaired) electrons. The summed E-state index contributed by atoms with van der Waals surface area (Å²) < 4.78 is 34.1. The summed E-state index contributed by atoms with van der Waals surface area (Å²) in [6.45, 7) is 6.73. The lowest BCUT2D eigenvalue weighted by atomic mass is 10.1. The van der Waals surface area contributed by atoms with Crippen LogP contribution < -0.4 is 14.4 Å². The van der Waals surface area contributed by atoms with Crippen molar-refractivity contribution in [3.63, 3.8) is 0 Å².